The number of fused-ring (bicyclic) bond motifs is 1. The third-order valence-electron chi connectivity index (χ3n) is 4.13. The highest BCUT2D eigenvalue weighted by Crippen LogP contribution is 2.32. The molecule has 2 N–H and O–H groups in total. The molecule has 0 saturated carbocycles. The molecule has 4 heteroatoms. The zero-order chi connectivity index (χ0) is 15.5. The molecule has 4 nitrogen and oxygen atoms in total. The number of nitrogens with one attached hydrogen (secondary N) is 1. The van der Waals surface area contributed by atoms with Crippen molar-refractivity contribution in [1.29, 1.82) is 0 Å². The number of aliphatic hydroxyl groups excluding tert-OH is 1. The molecular formula is C18H19NO3. The first-order valence-electron chi connectivity index (χ1n) is 7.40. The Morgan fingerprint density at radius 1 is 1.23 bits per heavy atom. The van der Waals surface area contributed by atoms with Crippen LogP contribution < -0.4 is 10.1 Å². The van der Waals surface area contributed by atoms with Crippen LogP contribution >= 0.6 is 0 Å². The lowest BCUT2D eigenvalue weighted by Crippen LogP contribution is -2.41. The minimum absolute atomic E-state index is 0.156. The van der Waals surface area contributed by atoms with Gasteiger partial charge in [0.1, 0.15) is 5.75 Å². The van der Waals surface area contributed by atoms with E-state index in [1.807, 2.05) is 36.4 Å². The predicted molar refractivity (Wildman–Crippen MR) is 84.0 cm³/mol. The lowest BCUT2D eigenvalue weighted by atomic mass is 9.85. The van der Waals surface area contributed by atoms with Crippen molar-refractivity contribution in [3.63, 3.8) is 0 Å². The molecule has 2 aromatic rings. The number of aryl methyl sites for hydroxylation is 1. The second-order valence-corrected chi connectivity index (χ2v) is 5.49. The number of amides is 1. The first-order valence-corrected chi connectivity index (χ1v) is 7.40. The molecule has 1 aliphatic carbocycles. The van der Waals surface area contributed by atoms with E-state index in [-0.39, 0.29) is 11.9 Å². The van der Waals surface area contributed by atoms with Crippen molar-refractivity contribution in [1.82, 2.24) is 5.32 Å². The van der Waals surface area contributed by atoms with Crippen molar-refractivity contribution in [3.05, 3.63) is 65.2 Å². The molecule has 0 unspecified atom stereocenters. The van der Waals surface area contributed by atoms with Crippen LogP contribution in [0, 0.1) is 0 Å². The van der Waals surface area contributed by atoms with E-state index in [1.54, 1.807) is 19.2 Å². The van der Waals surface area contributed by atoms with Gasteiger partial charge in [0.05, 0.1) is 19.3 Å². The van der Waals surface area contributed by atoms with Crippen molar-refractivity contribution in [3.8, 4) is 5.75 Å². The summed E-state index contributed by atoms with van der Waals surface area (Å²) in [5.74, 6) is 0.559. The quantitative estimate of drug-likeness (QED) is 0.915. The molecule has 0 aliphatic heterocycles. The van der Waals surface area contributed by atoms with Gasteiger partial charge in [-0.15, -0.1) is 0 Å². The largest absolute Gasteiger partial charge is 0.497 e. The van der Waals surface area contributed by atoms with Gasteiger partial charge in [0.2, 0.25) is 0 Å². The van der Waals surface area contributed by atoms with Crippen molar-refractivity contribution in [2.75, 3.05) is 7.11 Å². The zero-order valence-corrected chi connectivity index (χ0v) is 12.5. The Bertz CT molecular complexity index is 669. The maximum Gasteiger partial charge on any atom is 0.251 e. The first kappa shape index (κ1) is 14.6. The third kappa shape index (κ3) is 2.83. The fraction of sp³-hybridized carbons (Fsp3) is 0.278. The fourth-order valence-electron chi connectivity index (χ4n) is 2.88. The minimum atomic E-state index is -0.716. The van der Waals surface area contributed by atoms with Gasteiger partial charge in [-0.2, -0.15) is 0 Å². The van der Waals surface area contributed by atoms with Gasteiger partial charge in [-0.05, 0) is 48.2 Å². The van der Waals surface area contributed by atoms with Crippen LogP contribution in [0.3, 0.4) is 0 Å². The molecule has 0 heterocycles. The predicted octanol–water partition coefficient (Wildman–Crippen LogP) is 2.47. The van der Waals surface area contributed by atoms with Crippen LogP contribution in [-0.4, -0.2) is 24.2 Å². The monoisotopic (exact) mass is 297 g/mol. The van der Waals surface area contributed by atoms with Crippen molar-refractivity contribution < 1.29 is 14.6 Å². The standard InChI is InChI=1S/C18H19NO3/c1-22-14-9-7-12-8-10-16(17(20)15(12)11-14)19-18(21)13-5-3-2-4-6-13/h2-7,9,11,16-17,20H,8,10H2,1H3,(H,19,21)/t16-,17-/m1/s1. The smallest absolute Gasteiger partial charge is 0.251 e. The number of benzene rings is 2. The highest BCUT2D eigenvalue weighted by atomic mass is 16.5. The van der Waals surface area contributed by atoms with Gasteiger partial charge in [0, 0.05) is 5.56 Å². The number of methoxy groups -OCH3 is 1. The van der Waals surface area contributed by atoms with E-state index in [1.165, 1.54) is 0 Å². The number of ether oxygens (including phenoxy) is 1. The maximum atomic E-state index is 12.2. The Hall–Kier alpha value is -2.33. The Morgan fingerprint density at radius 2 is 2.00 bits per heavy atom. The summed E-state index contributed by atoms with van der Waals surface area (Å²) in [6.07, 6.45) is 0.835. The van der Waals surface area contributed by atoms with Gasteiger partial charge in [0.15, 0.2) is 0 Å². The Kier molecular flexibility index (Phi) is 4.11. The Morgan fingerprint density at radius 3 is 2.73 bits per heavy atom. The Balaban J connectivity index is 1.78. The van der Waals surface area contributed by atoms with Gasteiger partial charge in [-0.3, -0.25) is 4.79 Å². The molecule has 0 fully saturated rings. The van der Waals surface area contributed by atoms with Crippen LogP contribution in [0.1, 0.15) is 34.0 Å². The summed E-state index contributed by atoms with van der Waals surface area (Å²) in [6.45, 7) is 0. The van der Waals surface area contributed by atoms with Crippen LogP contribution in [0.25, 0.3) is 0 Å². The summed E-state index contributed by atoms with van der Waals surface area (Å²) in [7, 11) is 1.60. The number of carbonyl (C=O) groups excluding carboxylic acids is 1. The van der Waals surface area contributed by atoms with Gasteiger partial charge >= 0.3 is 0 Å². The van der Waals surface area contributed by atoms with Crippen LogP contribution in [-0.2, 0) is 6.42 Å². The fourth-order valence-corrected chi connectivity index (χ4v) is 2.88. The molecule has 114 valence electrons. The second-order valence-electron chi connectivity index (χ2n) is 5.49. The molecule has 0 spiro atoms. The lowest BCUT2D eigenvalue weighted by molar-refractivity contribution is 0.0799. The van der Waals surface area contributed by atoms with E-state index in [0.717, 1.165) is 24.0 Å². The summed E-state index contributed by atoms with van der Waals surface area (Å²) >= 11 is 0. The van der Waals surface area contributed by atoms with Crippen molar-refractivity contribution >= 4 is 5.91 Å². The lowest BCUT2D eigenvalue weighted by Gasteiger charge is -2.31. The molecule has 0 aromatic heterocycles. The topological polar surface area (TPSA) is 58.6 Å². The normalized spacial score (nSPS) is 20.1. The minimum Gasteiger partial charge on any atom is -0.497 e. The van der Waals surface area contributed by atoms with Gasteiger partial charge < -0.3 is 15.2 Å². The molecule has 1 amide bonds. The van der Waals surface area contributed by atoms with Gasteiger partial charge in [0.25, 0.3) is 5.91 Å². The average molecular weight is 297 g/mol. The highest BCUT2D eigenvalue weighted by Gasteiger charge is 2.29. The summed E-state index contributed by atoms with van der Waals surface area (Å²) in [5.41, 5.74) is 2.55. The highest BCUT2D eigenvalue weighted by molar-refractivity contribution is 5.94. The van der Waals surface area contributed by atoms with E-state index >= 15 is 0 Å². The van der Waals surface area contributed by atoms with Crippen molar-refractivity contribution in [2.45, 2.75) is 25.0 Å². The van der Waals surface area contributed by atoms with Gasteiger partial charge in [-0.25, -0.2) is 0 Å². The molecule has 0 saturated heterocycles. The van der Waals surface area contributed by atoms with E-state index in [0.29, 0.717) is 11.3 Å². The number of rotatable bonds is 3. The summed E-state index contributed by atoms with van der Waals surface area (Å²) < 4.78 is 5.22. The zero-order valence-electron chi connectivity index (χ0n) is 12.5. The summed E-state index contributed by atoms with van der Waals surface area (Å²) in [5, 5.41) is 13.5. The van der Waals surface area contributed by atoms with Crippen LogP contribution in [0.15, 0.2) is 48.5 Å². The maximum absolute atomic E-state index is 12.2. The third-order valence-corrected chi connectivity index (χ3v) is 4.13. The van der Waals surface area contributed by atoms with Crippen molar-refractivity contribution in [2.24, 2.45) is 0 Å². The summed E-state index contributed by atoms with van der Waals surface area (Å²) in [4.78, 5) is 12.2. The van der Waals surface area contributed by atoms with Crippen LogP contribution in [0.2, 0.25) is 0 Å². The number of hydrogen-bond acceptors (Lipinski definition) is 3. The molecule has 2 atom stereocenters. The van der Waals surface area contributed by atoms with E-state index in [2.05, 4.69) is 5.32 Å². The van der Waals surface area contributed by atoms with E-state index in [4.69, 9.17) is 4.74 Å². The SMILES string of the molecule is COc1ccc2c(c1)[C@@H](O)[C@H](NC(=O)c1ccccc1)CC2. The molecule has 1 aliphatic rings. The number of aliphatic hydroxyl groups is 1. The van der Waals surface area contributed by atoms with Gasteiger partial charge in [-0.1, -0.05) is 24.3 Å². The molecule has 0 radical (unpaired) electrons. The first-order chi connectivity index (χ1) is 10.7. The van der Waals surface area contributed by atoms with E-state index in [9.17, 15) is 9.90 Å². The second kappa shape index (κ2) is 6.20. The average Bonchev–Trinajstić information content (AvgIpc) is 2.58. The molecule has 3 rings (SSSR count). The van der Waals surface area contributed by atoms with Crippen LogP contribution in [0.4, 0.5) is 0 Å². The van der Waals surface area contributed by atoms with E-state index < -0.39 is 6.10 Å². The molecule has 22 heavy (non-hydrogen) atoms. The van der Waals surface area contributed by atoms with Crippen LogP contribution in [0.5, 0.6) is 5.75 Å². The Labute approximate surface area is 129 Å². The number of hydrogen-bond donors (Lipinski definition) is 2. The number of carbonyl (C=O) groups is 1. The molecule has 2 aromatic carbocycles. The summed E-state index contributed by atoms with van der Waals surface area (Å²) in [6, 6.07) is 14.5. The molecular weight excluding hydrogens is 278 g/mol. The molecule has 0 bridgehead atoms.